The van der Waals surface area contributed by atoms with E-state index in [-0.39, 0.29) is 23.8 Å². The topological polar surface area (TPSA) is 92.2 Å². The SMILES string of the molecule is COc1cc(C)[nH]c(=O)c1CNC(=O)c1c(C)n(CC2CCN(c3ccc(F)cn3)CC2)c2ccccc12. The Kier molecular flexibility index (Phi) is 7.18. The Morgan fingerprint density at radius 2 is 1.95 bits per heavy atom. The third-order valence-corrected chi connectivity index (χ3v) is 7.42. The highest BCUT2D eigenvalue weighted by molar-refractivity contribution is 6.08. The Morgan fingerprint density at radius 3 is 2.66 bits per heavy atom. The van der Waals surface area contributed by atoms with E-state index in [1.54, 1.807) is 19.1 Å². The quantitative estimate of drug-likeness (QED) is 0.381. The predicted molar refractivity (Wildman–Crippen MR) is 145 cm³/mol. The number of aryl methyl sites for hydroxylation is 1. The molecule has 0 atom stereocenters. The van der Waals surface area contributed by atoms with Gasteiger partial charge in [-0.3, -0.25) is 9.59 Å². The van der Waals surface area contributed by atoms with Crippen LogP contribution >= 0.6 is 0 Å². The van der Waals surface area contributed by atoms with Gasteiger partial charge in [0.15, 0.2) is 0 Å². The number of ether oxygens (including phenoxy) is 1. The first-order valence-electron chi connectivity index (χ1n) is 12.8. The van der Waals surface area contributed by atoms with Crippen molar-refractivity contribution in [3.8, 4) is 5.75 Å². The van der Waals surface area contributed by atoms with E-state index in [9.17, 15) is 14.0 Å². The van der Waals surface area contributed by atoms with Crippen LogP contribution < -0.4 is 20.5 Å². The van der Waals surface area contributed by atoms with Crippen molar-refractivity contribution in [3.05, 3.63) is 87.3 Å². The van der Waals surface area contributed by atoms with Crippen LogP contribution in [0.25, 0.3) is 10.9 Å². The van der Waals surface area contributed by atoms with Gasteiger partial charge in [0.25, 0.3) is 11.5 Å². The smallest absolute Gasteiger partial charge is 0.256 e. The normalized spacial score (nSPS) is 14.2. The molecule has 9 heteroatoms. The number of pyridine rings is 2. The van der Waals surface area contributed by atoms with Crippen LogP contribution in [-0.2, 0) is 13.1 Å². The molecule has 1 aromatic carbocycles. The molecule has 2 N–H and O–H groups in total. The second-order valence-corrected chi connectivity index (χ2v) is 9.86. The first-order chi connectivity index (χ1) is 18.4. The van der Waals surface area contributed by atoms with E-state index in [1.165, 1.54) is 19.4 Å². The van der Waals surface area contributed by atoms with Gasteiger partial charge in [0.2, 0.25) is 0 Å². The number of fused-ring (bicyclic) bond motifs is 1. The zero-order valence-electron chi connectivity index (χ0n) is 21.9. The molecule has 1 aliphatic heterocycles. The van der Waals surface area contributed by atoms with Crippen LogP contribution in [0.3, 0.4) is 0 Å². The fourth-order valence-electron chi connectivity index (χ4n) is 5.40. The Balaban J connectivity index is 1.33. The third kappa shape index (κ3) is 5.01. The summed E-state index contributed by atoms with van der Waals surface area (Å²) in [5.74, 6) is 1.13. The first-order valence-corrected chi connectivity index (χ1v) is 12.8. The monoisotopic (exact) mass is 517 g/mol. The number of hydrogen-bond acceptors (Lipinski definition) is 5. The number of carbonyl (C=O) groups is 1. The van der Waals surface area contributed by atoms with Crippen molar-refractivity contribution >= 4 is 22.6 Å². The summed E-state index contributed by atoms with van der Waals surface area (Å²) < 4.78 is 20.9. The number of benzene rings is 1. The number of anilines is 1. The average Bonchev–Trinajstić information content (AvgIpc) is 3.19. The van der Waals surface area contributed by atoms with E-state index in [4.69, 9.17) is 4.74 Å². The van der Waals surface area contributed by atoms with Crippen LogP contribution in [0.1, 0.15) is 40.2 Å². The largest absolute Gasteiger partial charge is 0.496 e. The predicted octanol–water partition coefficient (Wildman–Crippen LogP) is 4.34. The second kappa shape index (κ2) is 10.7. The number of para-hydroxylation sites is 1. The summed E-state index contributed by atoms with van der Waals surface area (Å²) in [5.41, 5.74) is 3.34. The van der Waals surface area contributed by atoms with E-state index in [1.807, 2.05) is 31.2 Å². The van der Waals surface area contributed by atoms with Gasteiger partial charge >= 0.3 is 0 Å². The van der Waals surface area contributed by atoms with Gasteiger partial charge in [0.05, 0.1) is 31.0 Å². The third-order valence-electron chi connectivity index (χ3n) is 7.42. The Morgan fingerprint density at radius 1 is 1.18 bits per heavy atom. The Bertz CT molecular complexity index is 1520. The second-order valence-electron chi connectivity index (χ2n) is 9.86. The molecule has 1 amide bonds. The number of piperidine rings is 1. The molecule has 4 heterocycles. The lowest BCUT2D eigenvalue weighted by Crippen LogP contribution is -2.35. The van der Waals surface area contributed by atoms with Crippen molar-refractivity contribution in [2.45, 2.75) is 39.8 Å². The lowest BCUT2D eigenvalue weighted by atomic mass is 9.96. The number of H-pyrrole nitrogens is 1. The maximum atomic E-state index is 13.4. The fourth-order valence-corrected chi connectivity index (χ4v) is 5.40. The zero-order valence-corrected chi connectivity index (χ0v) is 21.9. The van der Waals surface area contributed by atoms with E-state index in [0.717, 1.165) is 54.9 Å². The van der Waals surface area contributed by atoms with E-state index < -0.39 is 0 Å². The number of hydrogen-bond donors (Lipinski definition) is 2. The zero-order chi connectivity index (χ0) is 26.8. The average molecular weight is 518 g/mol. The maximum absolute atomic E-state index is 13.4. The number of amides is 1. The number of aromatic amines is 1. The highest BCUT2D eigenvalue weighted by Gasteiger charge is 2.25. The van der Waals surface area contributed by atoms with Crippen molar-refractivity contribution in [1.82, 2.24) is 19.9 Å². The lowest BCUT2D eigenvalue weighted by Gasteiger charge is -2.33. The molecule has 0 spiro atoms. The van der Waals surface area contributed by atoms with Crippen LogP contribution in [0.4, 0.5) is 10.2 Å². The van der Waals surface area contributed by atoms with Crippen LogP contribution in [0.2, 0.25) is 0 Å². The van der Waals surface area contributed by atoms with Crippen molar-refractivity contribution in [2.24, 2.45) is 5.92 Å². The molecule has 1 aliphatic rings. The van der Waals surface area contributed by atoms with Gasteiger partial charge in [-0.15, -0.1) is 0 Å². The molecule has 4 aromatic rings. The van der Waals surface area contributed by atoms with Crippen LogP contribution in [0.15, 0.2) is 53.5 Å². The van der Waals surface area contributed by atoms with Crippen molar-refractivity contribution in [1.29, 1.82) is 0 Å². The molecular weight excluding hydrogens is 485 g/mol. The lowest BCUT2D eigenvalue weighted by molar-refractivity contribution is 0.0951. The molecule has 0 radical (unpaired) electrons. The first kappa shape index (κ1) is 25.5. The van der Waals surface area contributed by atoms with Gasteiger partial charge in [-0.05, 0) is 56.9 Å². The highest BCUT2D eigenvalue weighted by Crippen LogP contribution is 2.30. The van der Waals surface area contributed by atoms with Gasteiger partial charge in [-0.2, -0.15) is 0 Å². The molecule has 5 rings (SSSR count). The highest BCUT2D eigenvalue weighted by atomic mass is 19.1. The molecule has 0 aliphatic carbocycles. The van der Waals surface area contributed by atoms with E-state index >= 15 is 0 Å². The number of nitrogens with one attached hydrogen (secondary N) is 2. The summed E-state index contributed by atoms with van der Waals surface area (Å²) in [4.78, 5) is 35.1. The summed E-state index contributed by atoms with van der Waals surface area (Å²) in [7, 11) is 1.51. The summed E-state index contributed by atoms with van der Waals surface area (Å²) in [6.07, 6.45) is 3.21. The van der Waals surface area contributed by atoms with Gasteiger partial charge in [-0.25, -0.2) is 9.37 Å². The molecule has 1 fully saturated rings. The van der Waals surface area contributed by atoms with Crippen molar-refractivity contribution < 1.29 is 13.9 Å². The number of rotatable bonds is 7. The number of nitrogens with zero attached hydrogens (tertiary/aromatic N) is 3. The van der Waals surface area contributed by atoms with Gasteiger partial charge in [0.1, 0.15) is 17.4 Å². The Hall–Kier alpha value is -4.14. The van der Waals surface area contributed by atoms with Crippen LogP contribution in [0.5, 0.6) is 5.75 Å². The number of methoxy groups -OCH3 is 1. The molecule has 0 saturated carbocycles. The van der Waals surface area contributed by atoms with Crippen LogP contribution in [0, 0.1) is 25.6 Å². The summed E-state index contributed by atoms with van der Waals surface area (Å²) in [6.45, 7) is 6.33. The minimum Gasteiger partial charge on any atom is -0.496 e. The molecule has 1 saturated heterocycles. The van der Waals surface area contributed by atoms with Crippen molar-refractivity contribution in [3.63, 3.8) is 0 Å². The minimum absolute atomic E-state index is 0.0620. The summed E-state index contributed by atoms with van der Waals surface area (Å²) in [5, 5.41) is 3.82. The van der Waals surface area contributed by atoms with E-state index in [0.29, 0.717) is 28.5 Å². The molecule has 198 valence electrons. The van der Waals surface area contributed by atoms with Crippen molar-refractivity contribution in [2.75, 3.05) is 25.1 Å². The number of carbonyl (C=O) groups excluding carboxylic acids is 1. The molecule has 38 heavy (non-hydrogen) atoms. The minimum atomic E-state index is -0.330. The van der Waals surface area contributed by atoms with E-state index in [2.05, 4.69) is 24.8 Å². The standard InChI is InChI=1S/C29H32FN5O3/c1-18-14-25(38-3)23(28(36)33-18)16-32-29(37)27-19(2)35(24-7-5-4-6-22(24)27)17-20-10-12-34(13-11-20)26-9-8-21(30)15-31-26/h4-9,14-15,20H,10-13,16-17H2,1-3H3,(H,32,37)(H,33,36). The fraction of sp³-hybridized carbons (Fsp3) is 0.345. The summed E-state index contributed by atoms with van der Waals surface area (Å²) in [6, 6.07) is 12.9. The Labute approximate surface area is 220 Å². The summed E-state index contributed by atoms with van der Waals surface area (Å²) >= 11 is 0. The van der Waals surface area contributed by atoms with Gasteiger partial charge in [0, 0.05) is 41.9 Å². The maximum Gasteiger partial charge on any atom is 0.256 e. The molecular formula is C29H32FN5O3. The molecule has 8 nitrogen and oxygen atoms in total. The van der Waals surface area contributed by atoms with Crippen LogP contribution in [-0.4, -0.2) is 40.6 Å². The molecule has 0 bridgehead atoms. The number of aromatic nitrogens is 3. The van der Waals surface area contributed by atoms with Gasteiger partial charge in [-0.1, -0.05) is 18.2 Å². The molecule has 0 unspecified atom stereocenters. The number of halogens is 1. The van der Waals surface area contributed by atoms with Gasteiger partial charge < -0.3 is 24.5 Å². The molecule has 3 aromatic heterocycles.